The minimum atomic E-state index is -0.615. The van der Waals surface area contributed by atoms with E-state index in [-0.39, 0.29) is 6.61 Å². The summed E-state index contributed by atoms with van der Waals surface area (Å²) in [5, 5.41) is 3.76. The van der Waals surface area contributed by atoms with Crippen LogP contribution in [0.5, 0.6) is 17.2 Å². The van der Waals surface area contributed by atoms with Crippen LogP contribution in [0.2, 0.25) is 0 Å². The smallest absolute Gasteiger partial charge is 0.427 e. The molecule has 0 aliphatic carbocycles. The third-order valence-corrected chi connectivity index (χ3v) is 2.33. The topological polar surface area (TPSA) is 78.4 Å². The molecule has 7 nitrogen and oxygen atoms in total. The first-order valence-electron chi connectivity index (χ1n) is 5.92. The van der Waals surface area contributed by atoms with E-state index in [1.54, 1.807) is 19.1 Å². The molecule has 1 amide bonds. The average molecular weight is 282 g/mol. The van der Waals surface area contributed by atoms with Gasteiger partial charge in [0.1, 0.15) is 0 Å². The molecule has 0 radical (unpaired) electrons. The quantitative estimate of drug-likeness (QED) is 0.635. The summed E-state index contributed by atoms with van der Waals surface area (Å²) >= 11 is 0. The van der Waals surface area contributed by atoms with Crippen molar-refractivity contribution in [2.75, 3.05) is 27.9 Å². The van der Waals surface area contributed by atoms with Crippen LogP contribution in [0.3, 0.4) is 0 Å². The Kier molecular flexibility index (Phi) is 6.15. The molecule has 110 valence electrons. The molecule has 1 N–H and O–H groups in total. The van der Waals surface area contributed by atoms with Crippen molar-refractivity contribution in [3.8, 4) is 17.2 Å². The number of methoxy groups -OCH3 is 3. The molecule has 0 atom stereocenters. The summed E-state index contributed by atoms with van der Waals surface area (Å²) in [6.45, 7) is 1.99. The van der Waals surface area contributed by atoms with Gasteiger partial charge >= 0.3 is 6.09 Å². The van der Waals surface area contributed by atoms with Crippen LogP contribution in [0, 0.1) is 0 Å². The highest BCUT2D eigenvalue weighted by molar-refractivity contribution is 5.83. The summed E-state index contributed by atoms with van der Waals surface area (Å²) in [4.78, 5) is 11.1. The monoisotopic (exact) mass is 282 g/mol. The minimum absolute atomic E-state index is 0.283. The van der Waals surface area contributed by atoms with Crippen LogP contribution < -0.4 is 19.6 Å². The standard InChI is InChI=1S/C13H18N2O5/c1-5-20-13(16)15-14-8-9-6-10(17-2)12(19-4)11(7-9)18-3/h6-8H,5H2,1-4H3,(H,15,16). The highest BCUT2D eigenvalue weighted by Crippen LogP contribution is 2.37. The number of amides is 1. The molecule has 0 unspecified atom stereocenters. The number of benzene rings is 1. The van der Waals surface area contributed by atoms with E-state index in [1.165, 1.54) is 27.5 Å². The molecule has 7 heteroatoms. The second-order valence-electron chi connectivity index (χ2n) is 3.55. The summed E-state index contributed by atoms with van der Waals surface area (Å²) in [6, 6.07) is 3.41. The van der Waals surface area contributed by atoms with Crippen molar-refractivity contribution in [1.82, 2.24) is 5.43 Å². The van der Waals surface area contributed by atoms with Crippen LogP contribution in [0.4, 0.5) is 4.79 Å². The zero-order valence-electron chi connectivity index (χ0n) is 11.9. The van der Waals surface area contributed by atoms with E-state index in [0.29, 0.717) is 22.8 Å². The number of carbonyl (C=O) groups is 1. The van der Waals surface area contributed by atoms with Crippen molar-refractivity contribution in [1.29, 1.82) is 0 Å². The van der Waals surface area contributed by atoms with Gasteiger partial charge in [0.25, 0.3) is 0 Å². The highest BCUT2D eigenvalue weighted by atomic mass is 16.6. The molecule has 0 aliphatic heterocycles. The number of nitrogens with one attached hydrogen (secondary N) is 1. The normalized spacial score (nSPS) is 10.2. The Morgan fingerprint density at radius 2 is 1.80 bits per heavy atom. The van der Waals surface area contributed by atoms with Crippen molar-refractivity contribution in [2.24, 2.45) is 5.10 Å². The Morgan fingerprint density at radius 1 is 1.20 bits per heavy atom. The van der Waals surface area contributed by atoms with Gasteiger partial charge in [-0.15, -0.1) is 0 Å². The molecule has 1 aromatic rings. The third-order valence-electron chi connectivity index (χ3n) is 2.33. The molecule has 0 fully saturated rings. The van der Waals surface area contributed by atoms with Gasteiger partial charge in [-0.05, 0) is 19.1 Å². The summed E-state index contributed by atoms with van der Waals surface area (Å²) < 4.78 is 20.3. The second kappa shape index (κ2) is 7.88. The van der Waals surface area contributed by atoms with E-state index < -0.39 is 6.09 Å². The molecule has 20 heavy (non-hydrogen) atoms. The lowest BCUT2D eigenvalue weighted by Crippen LogP contribution is -2.18. The largest absolute Gasteiger partial charge is 0.493 e. The lowest BCUT2D eigenvalue weighted by Gasteiger charge is -2.12. The zero-order valence-corrected chi connectivity index (χ0v) is 11.9. The van der Waals surface area contributed by atoms with E-state index in [1.807, 2.05) is 0 Å². The molecule has 0 bridgehead atoms. The van der Waals surface area contributed by atoms with Gasteiger partial charge in [-0.25, -0.2) is 10.2 Å². The summed E-state index contributed by atoms with van der Waals surface area (Å²) in [6.07, 6.45) is 0.831. The Morgan fingerprint density at radius 3 is 2.25 bits per heavy atom. The molecule has 0 heterocycles. The van der Waals surface area contributed by atoms with Gasteiger partial charge in [0.2, 0.25) is 5.75 Å². The fourth-order valence-electron chi connectivity index (χ4n) is 1.50. The zero-order chi connectivity index (χ0) is 15.0. The Bertz CT molecular complexity index is 463. The van der Waals surface area contributed by atoms with Gasteiger partial charge in [0.05, 0.1) is 34.2 Å². The Labute approximate surface area is 117 Å². The van der Waals surface area contributed by atoms with E-state index in [9.17, 15) is 4.79 Å². The molecule has 0 spiro atoms. The second-order valence-corrected chi connectivity index (χ2v) is 3.55. The third kappa shape index (κ3) is 4.04. The van der Waals surface area contributed by atoms with Gasteiger partial charge in [-0.3, -0.25) is 0 Å². The number of rotatable bonds is 6. The molecule has 1 rings (SSSR count). The molecule has 0 saturated heterocycles. The number of nitrogens with zero attached hydrogens (tertiary/aromatic N) is 1. The van der Waals surface area contributed by atoms with Crippen molar-refractivity contribution in [2.45, 2.75) is 6.92 Å². The van der Waals surface area contributed by atoms with Crippen LogP contribution in [0.25, 0.3) is 0 Å². The molecular formula is C13H18N2O5. The van der Waals surface area contributed by atoms with Crippen molar-refractivity contribution < 1.29 is 23.7 Å². The van der Waals surface area contributed by atoms with E-state index in [0.717, 1.165) is 0 Å². The maximum absolute atomic E-state index is 11.1. The highest BCUT2D eigenvalue weighted by Gasteiger charge is 2.12. The molecule has 0 saturated carbocycles. The lowest BCUT2D eigenvalue weighted by atomic mass is 10.2. The maximum atomic E-state index is 11.1. The number of hydrazone groups is 1. The van der Waals surface area contributed by atoms with Crippen molar-refractivity contribution >= 4 is 12.3 Å². The number of ether oxygens (including phenoxy) is 4. The summed E-state index contributed by atoms with van der Waals surface area (Å²) in [5.41, 5.74) is 2.91. The van der Waals surface area contributed by atoms with Crippen LogP contribution in [-0.4, -0.2) is 40.2 Å². The lowest BCUT2D eigenvalue weighted by molar-refractivity contribution is 0.152. The molecule has 1 aromatic carbocycles. The number of carbonyl (C=O) groups excluding carboxylic acids is 1. The SMILES string of the molecule is CCOC(=O)NN=Cc1cc(OC)c(OC)c(OC)c1. The van der Waals surface area contributed by atoms with Crippen LogP contribution in [-0.2, 0) is 4.74 Å². The van der Waals surface area contributed by atoms with Gasteiger partial charge in [0.15, 0.2) is 11.5 Å². The van der Waals surface area contributed by atoms with Gasteiger partial charge < -0.3 is 18.9 Å². The first kappa shape index (κ1) is 15.6. The summed E-state index contributed by atoms with van der Waals surface area (Å²) in [7, 11) is 4.57. The first-order valence-corrected chi connectivity index (χ1v) is 5.92. The Hall–Kier alpha value is -2.44. The molecule has 0 aliphatic rings. The minimum Gasteiger partial charge on any atom is -0.493 e. The fourth-order valence-corrected chi connectivity index (χ4v) is 1.50. The van der Waals surface area contributed by atoms with E-state index in [4.69, 9.17) is 14.2 Å². The average Bonchev–Trinajstić information content (AvgIpc) is 2.46. The first-order chi connectivity index (χ1) is 9.65. The maximum Gasteiger partial charge on any atom is 0.427 e. The van der Waals surface area contributed by atoms with E-state index in [2.05, 4.69) is 15.3 Å². The van der Waals surface area contributed by atoms with Crippen LogP contribution in [0.15, 0.2) is 17.2 Å². The van der Waals surface area contributed by atoms with Gasteiger partial charge in [-0.1, -0.05) is 0 Å². The molecular weight excluding hydrogens is 264 g/mol. The van der Waals surface area contributed by atoms with Crippen LogP contribution in [0.1, 0.15) is 12.5 Å². The van der Waals surface area contributed by atoms with Crippen LogP contribution >= 0.6 is 0 Å². The molecule has 0 aromatic heterocycles. The van der Waals surface area contributed by atoms with Gasteiger partial charge in [-0.2, -0.15) is 5.10 Å². The van der Waals surface area contributed by atoms with Gasteiger partial charge in [0, 0.05) is 5.56 Å². The van der Waals surface area contributed by atoms with E-state index >= 15 is 0 Å². The fraction of sp³-hybridized carbons (Fsp3) is 0.385. The number of hydrogen-bond donors (Lipinski definition) is 1. The predicted molar refractivity (Wildman–Crippen MR) is 73.8 cm³/mol. The number of hydrogen-bond acceptors (Lipinski definition) is 6. The predicted octanol–water partition coefficient (Wildman–Crippen LogP) is 1.79. The Balaban J connectivity index is 2.90. The summed E-state index contributed by atoms with van der Waals surface area (Å²) in [5.74, 6) is 1.50. The van der Waals surface area contributed by atoms with Crippen molar-refractivity contribution in [3.05, 3.63) is 17.7 Å². The van der Waals surface area contributed by atoms with Crippen molar-refractivity contribution in [3.63, 3.8) is 0 Å².